The Morgan fingerprint density at radius 1 is 1.24 bits per heavy atom. The van der Waals surface area contributed by atoms with Gasteiger partial charge in [0.05, 0.1) is 12.0 Å². The van der Waals surface area contributed by atoms with Crippen LogP contribution in [0, 0.1) is 5.92 Å². The van der Waals surface area contributed by atoms with E-state index in [1.54, 1.807) is 6.20 Å². The molecule has 2 atom stereocenters. The number of β-amino-alcohol motifs (C(OH)–C–C–N with tert-alkyl or cyclic N) is 1. The first-order valence-corrected chi connectivity index (χ1v) is 9.74. The summed E-state index contributed by atoms with van der Waals surface area (Å²) in [4.78, 5) is 21.9. The molecule has 2 heterocycles. The second-order valence-electron chi connectivity index (χ2n) is 7.64. The summed E-state index contributed by atoms with van der Waals surface area (Å²) in [5.41, 5.74) is 1.07. The van der Waals surface area contributed by atoms with E-state index < -0.39 is 0 Å². The Balaban J connectivity index is 1.69. The van der Waals surface area contributed by atoms with Gasteiger partial charge in [-0.15, -0.1) is 0 Å². The number of rotatable bonds is 5. The summed E-state index contributed by atoms with van der Waals surface area (Å²) in [7, 11) is 0. The molecule has 0 spiro atoms. The average molecular weight is 345 g/mol. The van der Waals surface area contributed by atoms with Gasteiger partial charge in [0.1, 0.15) is 0 Å². The number of pyridine rings is 1. The van der Waals surface area contributed by atoms with Gasteiger partial charge in [0.15, 0.2) is 0 Å². The first-order chi connectivity index (χ1) is 12.1. The highest BCUT2D eigenvalue weighted by molar-refractivity contribution is 5.84. The molecule has 2 aliphatic rings. The molecule has 1 aliphatic carbocycles. The third-order valence-electron chi connectivity index (χ3n) is 5.64. The SMILES string of the molecule is C[C@H](O)CN1CCN(C(=O)C(c2cccnc2)C2CCCCC2)CC1. The fourth-order valence-corrected chi connectivity index (χ4v) is 4.37. The van der Waals surface area contributed by atoms with Gasteiger partial charge in [0.2, 0.25) is 5.91 Å². The van der Waals surface area contributed by atoms with Crippen molar-refractivity contribution < 1.29 is 9.90 Å². The summed E-state index contributed by atoms with van der Waals surface area (Å²) >= 11 is 0. The standard InChI is InChI=1S/C20H31N3O2/c1-16(24)15-22-10-12-23(13-11-22)20(25)19(17-6-3-2-4-7-17)18-8-5-9-21-14-18/h5,8-9,14,16-17,19,24H,2-4,6-7,10-13,15H2,1H3/t16-,19?/m0/s1. The number of hydrogen-bond donors (Lipinski definition) is 1. The van der Waals surface area contributed by atoms with Crippen LogP contribution in [0.1, 0.15) is 50.5 Å². The van der Waals surface area contributed by atoms with Gasteiger partial charge in [0, 0.05) is 45.1 Å². The Labute approximate surface area is 151 Å². The normalized spacial score (nSPS) is 22.6. The molecule has 5 heteroatoms. The van der Waals surface area contributed by atoms with Gasteiger partial charge in [0.25, 0.3) is 0 Å². The number of piperazine rings is 1. The van der Waals surface area contributed by atoms with Crippen molar-refractivity contribution in [3.63, 3.8) is 0 Å². The number of amides is 1. The second kappa shape index (κ2) is 8.77. The molecular formula is C20H31N3O2. The van der Waals surface area contributed by atoms with Gasteiger partial charge >= 0.3 is 0 Å². The minimum Gasteiger partial charge on any atom is -0.392 e. The summed E-state index contributed by atoms with van der Waals surface area (Å²) < 4.78 is 0. The lowest BCUT2D eigenvalue weighted by molar-refractivity contribution is -0.136. The van der Waals surface area contributed by atoms with E-state index in [4.69, 9.17) is 0 Å². The smallest absolute Gasteiger partial charge is 0.230 e. The lowest BCUT2D eigenvalue weighted by Gasteiger charge is -2.39. The molecule has 1 unspecified atom stereocenters. The zero-order valence-corrected chi connectivity index (χ0v) is 15.3. The maximum absolute atomic E-state index is 13.4. The molecule has 1 saturated heterocycles. The Bertz CT molecular complexity index is 535. The van der Waals surface area contributed by atoms with Crippen molar-refractivity contribution in [3.8, 4) is 0 Å². The molecule has 1 saturated carbocycles. The molecule has 138 valence electrons. The third-order valence-corrected chi connectivity index (χ3v) is 5.64. The van der Waals surface area contributed by atoms with Gasteiger partial charge < -0.3 is 10.0 Å². The molecule has 1 aromatic heterocycles. The molecule has 0 radical (unpaired) electrons. The summed E-state index contributed by atoms with van der Waals surface area (Å²) in [6, 6.07) is 4.01. The van der Waals surface area contributed by atoms with E-state index in [9.17, 15) is 9.90 Å². The molecule has 0 aromatic carbocycles. The van der Waals surface area contributed by atoms with Crippen LogP contribution in [0.5, 0.6) is 0 Å². The van der Waals surface area contributed by atoms with E-state index >= 15 is 0 Å². The lowest BCUT2D eigenvalue weighted by Crippen LogP contribution is -2.51. The Morgan fingerprint density at radius 3 is 2.56 bits per heavy atom. The van der Waals surface area contributed by atoms with E-state index in [2.05, 4.69) is 16.0 Å². The van der Waals surface area contributed by atoms with Crippen molar-refractivity contribution in [1.82, 2.24) is 14.8 Å². The topological polar surface area (TPSA) is 56.7 Å². The van der Waals surface area contributed by atoms with Crippen LogP contribution in [0.4, 0.5) is 0 Å². The van der Waals surface area contributed by atoms with Crippen LogP contribution in [0.2, 0.25) is 0 Å². The van der Waals surface area contributed by atoms with Crippen LogP contribution >= 0.6 is 0 Å². The Kier molecular flexibility index (Phi) is 6.43. The van der Waals surface area contributed by atoms with Crippen LogP contribution in [-0.2, 0) is 4.79 Å². The zero-order valence-electron chi connectivity index (χ0n) is 15.3. The highest BCUT2D eigenvalue weighted by Crippen LogP contribution is 2.37. The number of carbonyl (C=O) groups is 1. The largest absolute Gasteiger partial charge is 0.392 e. The minimum absolute atomic E-state index is 0.0442. The Morgan fingerprint density at radius 2 is 1.96 bits per heavy atom. The van der Waals surface area contributed by atoms with Crippen molar-refractivity contribution in [2.75, 3.05) is 32.7 Å². The van der Waals surface area contributed by atoms with E-state index in [1.807, 2.05) is 24.1 Å². The quantitative estimate of drug-likeness (QED) is 0.889. The molecule has 1 aliphatic heterocycles. The van der Waals surface area contributed by atoms with E-state index in [-0.39, 0.29) is 17.9 Å². The van der Waals surface area contributed by atoms with Crippen molar-refractivity contribution in [3.05, 3.63) is 30.1 Å². The first kappa shape index (κ1) is 18.3. The number of aliphatic hydroxyl groups excluding tert-OH is 1. The van der Waals surface area contributed by atoms with Gasteiger partial charge in [-0.25, -0.2) is 0 Å². The molecule has 25 heavy (non-hydrogen) atoms. The molecule has 1 amide bonds. The van der Waals surface area contributed by atoms with Crippen molar-refractivity contribution >= 4 is 5.91 Å². The van der Waals surface area contributed by atoms with E-state index in [0.29, 0.717) is 12.5 Å². The molecule has 1 N–H and O–H groups in total. The van der Waals surface area contributed by atoms with Crippen LogP contribution in [-0.4, -0.2) is 64.6 Å². The third kappa shape index (κ3) is 4.79. The number of carbonyl (C=O) groups excluding carboxylic acids is 1. The maximum Gasteiger partial charge on any atom is 0.230 e. The van der Waals surface area contributed by atoms with Crippen LogP contribution in [0.15, 0.2) is 24.5 Å². The predicted molar refractivity (Wildman–Crippen MR) is 98.3 cm³/mol. The van der Waals surface area contributed by atoms with Crippen molar-refractivity contribution in [2.45, 2.75) is 51.0 Å². The highest BCUT2D eigenvalue weighted by atomic mass is 16.3. The molecule has 2 fully saturated rings. The van der Waals surface area contributed by atoms with Gasteiger partial charge in [-0.3, -0.25) is 14.7 Å². The molecule has 3 rings (SSSR count). The fraction of sp³-hybridized carbons (Fsp3) is 0.700. The summed E-state index contributed by atoms with van der Waals surface area (Å²) in [6.45, 7) is 5.72. The maximum atomic E-state index is 13.4. The monoisotopic (exact) mass is 345 g/mol. The summed E-state index contributed by atoms with van der Waals surface area (Å²) in [5.74, 6) is 0.676. The van der Waals surface area contributed by atoms with Gasteiger partial charge in [-0.1, -0.05) is 25.3 Å². The van der Waals surface area contributed by atoms with Crippen LogP contribution < -0.4 is 0 Å². The fourth-order valence-electron chi connectivity index (χ4n) is 4.37. The number of aliphatic hydroxyl groups is 1. The van der Waals surface area contributed by atoms with Crippen molar-refractivity contribution in [1.29, 1.82) is 0 Å². The van der Waals surface area contributed by atoms with Gasteiger partial charge in [-0.05, 0) is 37.3 Å². The number of nitrogens with zero attached hydrogens (tertiary/aromatic N) is 3. The highest BCUT2D eigenvalue weighted by Gasteiger charge is 2.35. The first-order valence-electron chi connectivity index (χ1n) is 9.74. The van der Waals surface area contributed by atoms with Crippen LogP contribution in [0.25, 0.3) is 0 Å². The summed E-state index contributed by atoms with van der Waals surface area (Å²) in [6.07, 6.45) is 9.39. The summed E-state index contributed by atoms with van der Waals surface area (Å²) in [5, 5.41) is 9.56. The molecule has 5 nitrogen and oxygen atoms in total. The minimum atomic E-state index is -0.312. The molecule has 0 bridgehead atoms. The predicted octanol–water partition coefficient (Wildman–Crippen LogP) is 2.27. The second-order valence-corrected chi connectivity index (χ2v) is 7.64. The average Bonchev–Trinajstić information content (AvgIpc) is 2.64. The molecule has 1 aromatic rings. The Hall–Kier alpha value is -1.46. The van der Waals surface area contributed by atoms with Crippen molar-refractivity contribution in [2.24, 2.45) is 5.92 Å². The molecular weight excluding hydrogens is 314 g/mol. The van der Waals surface area contributed by atoms with E-state index in [0.717, 1.165) is 44.6 Å². The van der Waals surface area contributed by atoms with Crippen LogP contribution in [0.3, 0.4) is 0 Å². The zero-order chi connectivity index (χ0) is 17.6. The number of hydrogen-bond acceptors (Lipinski definition) is 4. The van der Waals surface area contributed by atoms with E-state index in [1.165, 1.54) is 19.3 Å². The van der Waals surface area contributed by atoms with Gasteiger partial charge in [-0.2, -0.15) is 0 Å². The lowest BCUT2D eigenvalue weighted by atomic mass is 9.76. The number of aromatic nitrogens is 1.